The highest BCUT2D eigenvalue weighted by Crippen LogP contribution is 2.28. The highest BCUT2D eigenvalue weighted by atomic mass is 16.5. The number of rotatable bonds is 5. The number of aromatic nitrogens is 2. The van der Waals surface area contributed by atoms with Crippen LogP contribution in [-0.4, -0.2) is 53.6 Å². The van der Waals surface area contributed by atoms with E-state index in [9.17, 15) is 4.79 Å². The van der Waals surface area contributed by atoms with Gasteiger partial charge < -0.3 is 26.4 Å². The van der Waals surface area contributed by atoms with Crippen molar-refractivity contribution in [3.63, 3.8) is 0 Å². The van der Waals surface area contributed by atoms with Crippen LogP contribution in [0.4, 0.5) is 11.6 Å². The first-order valence-electron chi connectivity index (χ1n) is 10.8. The first-order valence-corrected chi connectivity index (χ1v) is 10.8. The molecule has 1 amide bonds. The number of carbonyl (C=O) groups is 1. The molecule has 4 rings (SSSR count). The number of fused-ring (bicyclic) bond motifs is 1. The van der Waals surface area contributed by atoms with Crippen LogP contribution in [0, 0.1) is 17.2 Å². The van der Waals surface area contributed by atoms with Crippen molar-refractivity contribution in [1.82, 2.24) is 20.4 Å². The van der Waals surface area contributed by atoms with Crippen LogP contribution in [0.15, 0.2) is 0 Å². The summed E-state index contributed by atoms with van der Waals surface area (Å²) in [5, 5.41) is 23.0. The van der Waals surface area contributed by atoms with Gasteiger partial charge in [0.15, 0.2) is 5.82 Å². The Kier molecular flexibility index (Phi) is 6.21. The number of hydrogen-bond acceptors (Lipinski definition) is 7. The van der Waals surface area contributed by atoms with Crippen molar-refractivity contribution in [1.29, 1.82) is 5.26 Å². The summed E-state index contributed by atoms with van der Waals surface area (Å²) in [6, 6.07) is 2.10. The summed E-state index contributed by atoms with van der Waals surface area (Å²) in [5.41, 5.74) is 6.48. The molecule has 2 fully saturated rings. The second kappa shape index (κ2) is 9.01. The maximum atomic E-state index is 13.1. The molecule has 0 bridgehead atoms. The zero-order chi connectivity index (χ0) is 20.2. The van der Waals surface area contributed by atoms with Gasteiger partial charge in [-0.15, -0.1) is 0 Å². The number of nitrogens with zero attached hydrogens (tertiary/aromatic N) is 3. The van der Waals surface area contributed by atoms with E-state index in [1.54, 1.807) is 4.68 Å². The number of nitrogens with two attached hydrogens (primary N) is 1. The van der Waals surface area contributed by atoms with Crippen LogP contribution in [0.3, 0.4) is 0 Å². The Labute approximate surface area is 171 Å². The van der Waals surface area contributed by atoms with E-state index >= 15 is 0 Å². The van der Waals surface area contributed by atoms with Gasteiger partial charge in [-0.2, -0.15) is 10.4 Å². The average molecular weight is 402 g/mol. The Hall–Kier alpha value is -2.31. The van der Waals surface area contributed by atoms with Crippen LogP contribution in [0.25, 0.3) is 0 Å². The van der Waals surface area contributed by atoms with Gasteiger partial charge >= 0.3 is 0 Å². The Morgan fingerprint density at radius 3 is 2.93 bits per heavy atom. The van der Waals surface area contributed by atoms with Gasteiger partial charge in [0.25, 0.3) is 5.91 Å². The number of nitrogens with one attached hydrogen (secondary N) is 3. The first-order chi connectivity index (χ1) is 14.2. The molecule has 2 aliphatic heterocycles. The number of carbonyl (C=O) groups excluding carboxylic acids is 1. The molecule has 5 N–H and O–H groups in total. The normalized spacial score (nSPS) is 27.5. The average Bonchev–Trinajstić information content (AvgIpc) is 3.05. The molecule has 1 aromatic rings. The standard InChI is InChI=1S/C20H31N7O2/c21-8-6-13-10-24-19-17(18(22)26-27(19)12-13)20(28)25-15-11-23-9-7-16(15)29-14-4-2-1-3-5-14/h13-16,23-24H,1-7,9-12H2,(H2,22,26)(H,25,28). The second-order valence-electron chi connectivity index (χ2n) is 8.41. The third-order valence-electron chi connectivity index (χ3n) is 6.23. The maximum absolute atomic E-state index is 13.1. The largest absolute Gasteiger partial charge is 0.381 e. The summed E-state index contributed by atoms with van der Waals surface area (Å²) in [6.45, 7) is 2.81. The first kappa shape index (κ1) is 20.0. The second-order valence-corrected chi connectivity index (χ2v) is 8.41. The molecule has 0 aromatic carbocycles. The van der Waals surface area contributed by atoms with Crippen molar-refractivity contribution in [3.05, 3.63) is 5.56 Å². The van der Waals surface area contributed by atoms with Crippen molar-refractivity contribution in [2.75, 3.05) is 30.7 Å². The van der Waals surface area contributed by atoms with Gasteiger partial charge in [0, 0.05) is 32.0 Å². The molecule has 1 aliphatic carbocycles. The molecule has 3 atom stereocenters. The van der Waals surface area contributed by atoms with Crippen LogP contribution >= 0.6 is 0 Å². The van der Waals surface area contributed by atoms with Crippen molar-refractivity contribution in [2.45, 2.75) is 69.7 Å². The molecule has 9 heteroatoms. The number of nitriles is 1. The lowest BCUT2D eigenvalue weighted by Crippen LogP contribution is -2.55. The SMILES string of the molecule is N#CCC1CNc2c(C(=O)NC3CNCCC3OC3CCCCC3)c(N)nn2C1. The van der Waals surface area contributed by atoms with E-state index in [-0.39, 0.29) is 29.8 Å². The fourth-order valence-corrected chi connectivity index (χ4v) is 4.66. The van der Waals surface area contributed by atoms with E-state index < -0.39 is 0 Å². The lowest BCUT2D eigenvalue weighted by atomic mass is 9.96. The van der Waals surface area contributed by atoms with Gasteiger partial charge in [-0.25, -0.2) is 4.68 Å². The van der Waals surface area contributed by atoms with Crippen LogP contribution in [0.2, 0.25) is 0 Å². The molecule has 9 nitrogen and oxygen atoms in total. The maximum Gasteiger partial charge on any atom is 0.259 e. The van der Waals surface area contributed by atoms with Crippen LogP contribution in [0.5, 0.6) is 0 Å². The smallest absolute Gasteiger partial charge is 0.259 e. The third kappa shape index (κ3) is 4.49. The number of piperidine rings is 1. The number of nitrogen functional groups attached to an aromatic ring is 1. The molecule has 0 spiro atoms. The molecule has 1 saturated heterocycles. The minimum absolute atomic E-state index is 0.0175. The predicted octanol–water partition coefficient (Wildman–Crippen LogP) is 1.23. The highest BCUT2D eigenvalue weighted by molar-refractivity contribution is 6.03. The molecule has 1 saturated carbocycles. The predicted molar refractivity (Wildman–Crippen MR) is 109 cm³/mol. The van der Waals surface area contributed by atoms with Gasteiger partial charge in [0.2, 0.25) is 0 Å². The Morgan fingerprint density at radius 2 is 2.14 bits per heavy atom. The van der Waals surface area contributed by atoms with E-state index in [1.807, 2.05) is 0 Å². The summed E-state index contributed by atoms with van der Waals surface area (Å²) in [4.78, 5) is 13.1. The fraction of sp³-hybridized carbons (Fsp3) is 0.750. The van der Waals surface area contributed by atoms with E-state index in [1.165, 1.54) is 19.3 Å². The summed E-state index contributed by atoms with van der Waals surface area (Å²) in [7, 11) is 0. The summed E-state index contributed by atoms with van der Waals surface area (Å²) < 4.78 is 8.11. The van der Waals surface area contributed by atoms with Gasteiger partial charge in [-0.3, -0.25) is 4.79 Å². The van der Waals surface area contributed by atoms with E-state index in [0.717, 1.165) is 25.8 Å². The highest BCUT2D eigenvalue weighted by Gasteiger charge is 2.33. The van der Waals surface area contributed by atoms with E-state index in [2.05, 4.69) is 27.1 Å². The Morgan fingerprint density at radius 1 is 1.31 bits per heavy atom. The van der Waals surface area contributed by atoms with Crippen LogP contribution in [0.1, 0.15) is 55.3 Å². The topological polar surface area (TPSA) is 130 Å². The van der Waals surface area contributed by atoms with Gasteiger partial charge in [0.05, 0.1) is 24.3 Å². The Bertz CT molecular complexity index is 766. The molecule has 1 aromatic heterocycles. The number of ether oxygens (including phenoxy) is 1. The van der Waals surface area contributed by atoms with Crippen molar-refractivity contribution in [2.24, 2.45) is 5.92 Å². The van der Waals surface area contributed by atoms with E-state index in [4.69, 9.17) is 15.7 Å². The zero-order valence-corrected chi connectivity index (χ0v) is 16.8. The number of hydrogen-bond donors (Lipinski definition) is 4. The van der Waals surface area contributed by atoms with Crippen molar-refractivity contribution >= 4 is 17.5 Å². The minimum Gasteiger partial charge on any atom is -0.381 e. The molecule has 3 unspecified atom stereocenters. The molecule has 158 valence electrons. The lowest BCUT2D eigenvalue weighted by Gasteiger charge is -2.36. The molecule has 3 heterocycles. The fourth-order valence-electron chi connectivity index (χ4n) is 4.66. The van der Waals surface area contributed by atoms with Gasteiger partial charge in [-0.05, 0) is 25.8 Å². The number of anilines is 2. The monoisotopic (exact) mass is 401 g/mol. The molecule has 0 radical (unpaired) electrons. The van der Waals surface area contributed by atoms with Crippen molar-refractivity contribution in [3.8, 4) is 6.07 Å². The molecule has 3 aliphatic rings. The third-order valence-corrected chi connectivity index (χ3v) is 6.23. The lowest BCUT2D eigenvalue weighted by molar-refractivity contribution is -0.0552. The summed E-state index contributed by atoms with van der Waals surface area (Å²) in [6.07, 6.45) is 7.63. The quantitative estimate of drug-likeness (QED) is 0.584. The minimum atomic E-state index is -0.221. The molecule has 29 heavy (non-hydrogen) atoms. The molecular formula is C20H31N7O2. The van der Waals surface area contributed by atoms with Crippen molar-refractivity contribution < 1.29 is 9.53 Å². The Balaban J connectivity index is 1.43. The van der Waals surface area contributed by atoms with Gasteiger partial charge in [-0.1, -0.05) is 19.3 Å². The van der Waals surface area contributed by atoms with Crippen LogP contribution < -0.4 is 21.7 Å². The van der Waals surface area contributed by atoms with Crippen LogP contribution in [-0.2, 0) is 11.3 Å². The zero-order valence-electron chi connectivity index (χ0n) is 16.8. The number of amides is 1. The molecular weight excluding hydrogens is 370 g/mol. The summed E-state index contributed by atoms with van der Waals surface area (Å²) in [5.74, 6) is 0.804. The van der Waals surface area contributed by atoms with Gasteiger partial charge in [0.1, 0.15) is 11.4 Å². The summed E-state index contributed by atoms with van der Waals surface area (Å²) >= 11 is 0. The van der Waals surface area contributed by atoms with E-state index in [0.29, 0.717) is 43.5 Å².